The van der Waals surface area contributed by atoms with Gasteiger partial charge in [0.2, 0.25) is 0 Å². The van der Waals surface area contributed by atoms with Gasteiger partial charge in [-0.15, -0.1) is 0 Å². The summed E-state index contributed by atoms with van der Waals surface area (Å²) in [4.78, 5) is 19.5. The first-order valence-corrected chi connectivity index (χ1v) is 10.7. The number of aromatic nitrogens is 1. The van der Waals surface area contributed by atoms with Crippen LogP contribution in [0.3, 0.4) is 0 Å². The zero-order chi connectivity index (χ0) is 21.1. The molecule has 30 heavy (non-hydrogen) atoms. The number of rotatable bonds is 3. The predicted octanol–water partition coefficient (Wildman–Crippen LogP) is 4.96. The number of phenolic OH excluding ortho intramolecular Hbond substituents is 1. The van der Waals surface area contributed by atoms with Gasteiger partial charge in [-0.05, 0) is 60.4 Å². The van der Waals surface area contributed by atoms with E-state index in [0.717, 1.165) is 18.4 Å². The number of fused-ring (bicyclic) bond motifs is 3. The molecule has 5 heteroatoms. The predicted molar refractivity (Wildman–Crippen MR) is 117 cm³/mol. The van der Waals surface area contributed by atoms with Gasteiger partial charge in [-0.1, -0.05) is 26.8 Å². The van der Waals surface area contributed by atoms with Crippen molar-refractivity contribution in [2.75, 3.05) is 6.54 Å². The summed E-state index contributed by atoms with van der Waals surface area (Å²) >= 11 is 0. The minimum Gasteiger partial charge on any atom is -0.507 e. The van der Waals surface area contributed by atoms with Gasteiger partial charge in [0.15, 0.2) is 0 Å². The van der Waals surface area contributed by atoms with Crippen LogP contribution in [-0.4, -0.2) is 27.6 Å². The molecule has 2 fully saturated rings. The molecule has 1 aromatic carbocycles. The number of likely N-dealkylation sites (tertiary alicyclic amines) is 1. The van der Waals surface area contributed by atoms with E-state index in [1.807, 2.05) is 18.2 Å². The lowest BCUT2D eigenvalue weighted by atomic mass is 9.65. The van der Waals surface area contributed by atoms with E-state index >= 15 is 0 Å². The molecule has 0 spiro atoms. The monoisotopic (exact) mass is 404 g/mol. The van der Waals surface area contributed by atoms with Gasteiger partial charge in [-0.2, -0.15) is 0 Å². The van der Waals surface area contributed by atoms with Gasteiger partial charge in [0, 0.05) is 30.7 Å². The van der Waals surface area contributed by atoms with Crippen LogP contribution < -0.4 is 5.63 Å². The maximum atomic E-state index is 12.8. The summed E-state index contributed by atoms with van der Waals surface area (Å²) in [6.45, 7) is 8.69. The summed E-state index contributed by atoms with van der Waals surface area (Å²) in [6.07, 6.45) is 5.23. The summed E-state index contributed by atoms with van der Waals surface area (Å²) in [5.41, 5.74) is 2.41. The van der Waals surface area contributed by atoms with Crippen molar-refractivity contribution in [1.29, 1.82) is 0 Å². The zero-order valence-corrected chi connectivity index (χ0v) is 17.8. The van der Waals surface area contributed by atoms with E-state index in [-0.39, 0.29) is 5.75 Å². The summed E-state index contributed by atoms with van der Waals surface area (Å²) in [5, 5.41) is 11.5. The van der Waals surface area contributed by atoms with E-state index in [1.165, 1.54) is 12.8 Å². The highest BCUT2D eigenvalue weighted by atomic mass is 16.4. The normalized spacial score (nSPS) is 25.6. The van der Waals surface area contributed by atoms with Gasteiger partial charge in [0.1, 0.15) is 11.3 Å². The smallest absolute Gasteiger partial charge is 0.345 e. The van der Waals surface area contributed by atoms with E-state index in [1.54, 1.807) is 24.4 Å². The number of hydrogen-bond acceptors (Lipinski definition) is 5. The van der Waals surface area contributed by atoms with Crippen molar-refractivity contribution >= 4 is 11.0 Å². The first-order valence-electron chi connectivity index (χ1n) is 10.7. The van der Waals surface area contributed by atoms with Gasteiger partial charge < -0.3 is 9.52 Å². The minimum absolute atomic E-state index is 0.182. The third-order valence-electron chi connectivity index (χ3n) is 6.81. The van der Waals surface area contributed by atoms with Crippen LogP contribution in [0.15, 0.2) is 51.8 Å². The molecule has 0 radical (unpaired) electrons. The number of hydrogen-bond donors (Lipinski definition) is 1. The largest absolute Gasteiger partial charge is 0.507 e. The van der Waals surface area contributed by atoms with Crippen LogP contribution in [-0.2, 0) is 6.54 Å². The third-order valence-corrected chi connectivity index (χ3v) is 6.81. The van der Waals surface area contributed by atoms with Crippen LogP contribution in [0.25, 0.3) is 22.2 Å². The summed E-state index contributed by atoms with van der Waals surface area (Å²) in [7, 11) is 0. The summed E-state index contributed by atoms with van der Waals surface area (Å²) < 4.78 is 5.76. The fourth-order valence-electron chi connectivity index (χ4n) is 6.05. The Balaban J connectivity index is 1.55. The van der Waals surface area contributed by atoms with Crippen LogP contribution in [0, 0.1) is 10.8 Å². The van der Waals surface area contributed by atoms with Crippen molar-refractivity contribution in [3.05, 3.63) is 58.6 Å². The molecule has 2 atom stereocenters. The van der Waals surface area contributed by atoms with Crippen molar-refractivity contribution in [1.82, 2.24) is 9.88 Å². The van der Waals surface area contributed by atoms with E-state index in [4.69, 9.17) is 4.42 Å². The average molecular weight is 405 g/mol. The molecule has 156 valence electrons. The summed E-state index contributed by atoms with van der Waals surface area (Å²) in [6, 6.07) is 11.3. The Labute approximate surface area is 176 Å². The quantitative estimate of drug-likeness (QED) is 0.625. The van der Waals surface area contributed by atoms with E-state index in [9.17, 15) is 9.90 Å². The van der Waals surface area contributed by atoms with Crippen LogP contribution in [0.4, 0.5) is 0 Å². The first kappa shape index (κ1) is 19.3. The van der Waals surface area contributed by atoms with E-state index in [0.29, 0.717) is 45.8 Å². The minimum atomic E-state index is -0.429. The topological polar surface area (TPSA) is 66.6 Å². The molecule has 2 aliphatic rings. The molecule has 5 nitrogen and oxygen atoms in total. The van der Waals surface area contributed by atoms with Crippen molar-refractivity contribution < 1.29 is 9.52 Å². The van der Waals surface area contributed by atoms with Crippen LogP contribution in [0.2, 0.25) is 0 Å². The number of aromatic hydroxyl groups is 1. The lowest BCUT2D eigenvalue weighted by Gasteiger charge is -2.40. The number of phenols is 1. The molecule has 1 aliphatic carbocycles. The molecule has 2 bridgehead atoms. The fourth-order valence-corrected chi connectivity index (χ4v) is 6.05. The maximum absolute atomic E-state index is 12.8. The lowest BCUT2D eigenvalue weighted by molar-refractivity contribution is 0.126. The molecule has 0 amide bonds. The molecule has 1 saturated heterocycles. The highest BCUT2D eigenvalue weighted by Gasteiger charge is 2.49. The number of pyridine rings is 1. The van der Waals surface area contributed by atoms with Crippen LogP contribution >= 0.6 is 0 Å². The SMILES string of the molecule is CC1(C)C[C@H]2C[C@@](C)(CN2Cc2c(O)ccc3cc(-c4ccccn4)c(=O)oc23)C1. The summed E-state index contributed by atoms with van der Waals surface area (Å²) in [5.74, 6) is 0.182. The fraction of sp³-hybridized carbons (Fsp3) is 0.440. The molecule has 2 aromatic heterocycles. The Morgan fingerprint density at radius 2 is 2.03 bits per heavy atom. The van der Waals surface area contributed by atoms with Crippen molar-refractivity contribution in [2.45, 2.75) is 52.6 Å². The standard InChI is InChI=1S/C25H28N2O3/c1-24(2)11-17-12-25(3,14-24)15-27(17)13-19-21(28)8-7-16-10-18(23(29)30-22(16)19)20-6-4-5-9-26-20/h4-10,17,28H,11-15H2,1-3H3/t17-,25+/m0/s1. The average Bonchev–Trinajstić information content (AvgIpc) is 2.92. The maximum Gasteiger partial charge on any atom is 0.345 e. The molecule has 1 saturated carbocycles. The van der Waals surface area contributed by atoms with Crippen molar-refractivity contribution in [3.8, 4) is 17.0 Å². The highest BCUT2D eigenvalue weighted by Crippen LogP contribution is 2.53. The van der Waals surface area contributed by atoms with E-state index in [2.05, 4.69) is 30.7 Å². The molecule has 1 aliphatic heterocycles. The second-order valence-electron chi connectivity index (χ2n) is 10.3. The Hall–Kier alpha value is -2.66. The molecule has 3 aromatic rings. The van der Waals surface area contributed by atoms with Gasteiger partial charge in [0.05, 0.1) is 16.8 Å². The van der Waals surface area contributed by atoms with Gasteiger partial charge >= 0.3 is 5.63 Å². The Morgan fingerprint density at radius 3 is 2.80 bits per heavy atom. The van der Waals surface area contributed by atoms with Crippen molar-refractivity contribution in [3.63, 3.8) is 0 Å². The molecule has 3 heterocycles. The Bertz CT molecular complexity index is 1170. The highest BCUT2D eigenvalue weighted by molar-refractivity contribution is 5.85. The molecule has 1 N–H and O–H groups in total. The third kappa shape index (κ3) is 3.31. The van der Waals surface area contributed by atoms with Crippen LogP contribution in [0.5, 0.6) is 5.75 Å². The molecular weight excluding hydrogens is 376 g/mol. The second-order valence-corrected chi connectivity index (χ2v) is 10.3. The van der Waals surface area contributed by atoms with Crippen LogP contribution in [0.1, 0.15) is 45.6 Å². The first-order chi connectivity index (χ1) is 14.2. The van der Waals surface area contributed by atoms with E-state index < -0.39 is 5.63 Å². The zero-order valence-electron chi connectivity index (χ0n) is 17.8. The Kier molecular flexibility index (Phi) is 4.30. The number of nitrogens with zero attached hydrogens (tertiary/aromatic N) is 2. The van der Waals surface area contributed by atoms with Crippen molar-refractivity contribution in [2.24, 2.45) is 10.8 Å². The number of benzene rings is 1. The molecule has 5 rings (SSSR count). The van der Waals surface area contributed by atoms with Gasteiger partial charge in [-0.25, -0.2) is 4.79 Å². The molecular formula is C25H28N2O3. The van der Waals surface area contributed by atoms with Gasteiger partial charge in [0.25, 0.3) is 0 Å². The Morgan fingerprint density at radius 1 is 1.20 bits per heavy atom. The lowest BCUT2D eigenvalue weighted by Crippen LogP contribution is -2.34. The van der Waals surface area contributed by atoms with Gasteiger partial charge in [-0.3, -0.25) is 9.88 Å². The molecule has 0 unspecified atom stereocenters. The second kappa shape index (κ2) is 6.67.